The second-order valence-electron chi connectivity index (χ2n) is 3.54. The van der Waals surface area contributed by atoms with Gasteiger partial charge >= 0.3 is 0 Å². The largest absolute Gasteiger partial charge is 0.396 e. The topological polar surface area (TPSA) is 66.6 Å². The number of halogens is 1. The SMILES string of the molecule is O=C(/C=C/c1c(Cl)nc2sccn12)NCCCO. The number of nitrogens with zero attached hydrogens (tertiary/aromatic N) is 2. The molecule has 1 amide bonds. The number of aliphatic hydroxyl groups excluding tert-OH is 1. The Kier molecular flexibility index (Phi) is 4.35. The zero-order valence-electron chi connectivity index (χ0n) is 9.47. The number of fused-ring (bicyclic) bond motifs is 1. The van der Waals surface area contributed by atoms with Crippen LogP contribution in [0.3, 0.4) is 0 Å². The van der Waals surface area contributed by atoms with Crippen LogP contribution in [0, 0.1) is 0 Å². The maximum Gasteiger partial charge on any atom is 0.244 e. The molecule has 96 valence electrons. The fourth-order valence-corrected chi connectivity index (χ4v) is 2.44. The minimum atomic E-state index is -0.218. The van der Waals surface area contributed by atoms with Crippen molar-refractivity contribution < 1.29 is 9.90 Å². The van der Waals surface area contributed by atoms with Gasteiger partial charge in [0.2, 0.25) is 5.91 Å². The molecule has 0 saturated heterocycles. The average molecular weight is 286 g/mol. The van der Waals surface area contributed by atoms with Gasteiger partial charge in [0, 0.05) is 30.8 Å². The molecule has 0 aliphatic rings. The summed E-state index contributed by atoms with van der Waals surface area (Å²) in [6, 6.07) is 0. The van der Waals surface area contributed by atoms with Crippen LogP contribution in [0.2, 0.25) is 5.15 Å². The Morgan fingerprint density at radius 2 is 2.50 bits per heavy atom. The van der Waals surface area contributed by atoms with Crippen molar-refractivity contribution in [3.63, 3.8) is 0 Å². The molecule has 0 bridgehead atoms. The molecule has 2 N–H and O–H groups in total. The van der Waals surface area contributed by atoms with Gasteiger partial charge in [0.25, 0.3) is 0 Å². The quantitative estimate of drug-likeness (QED) is 0.647. The van der Waals surface area contributed by atoms with Crippen LogP contribution in [0.15, 0.2) is 17.7 Å². The van der Waals surface area contributed by atoms with Crippen LogP contribution >= 0.6 is 22.9 Å². The summed E-state index contributed by atoms with van der Waals surface area (Å²) in [5.74, 6) is -0.218. The van der Waals surface area contributed by atoms with Crippen LogP contribution < -0.4 is 5.32 Å². The van der Waals surface area contributed by atoms with Gasteiger partial charge in [-0.3, -0.25) is 9.20 Å². The smallest absolute Gasteiger partial charge is 0.244 e. The second kappa shape index (κ2) is 5.99. The summed E-state index contributed by atoms with van der Waals surface area (Å²) in [4.78, 5) is 16.4. The number of hydrogen-bond acceptors (Lipinski definition) is 4. The molecule has 0 saturated carbocycles. The predicted octanol–water partition coefficient (Wildman–Crippen LogP) is 1.56. The molecule has 0 fully saturated rings. The monoisotopic (exact) mass is 285 g/mol. The third kappa shape index (κ3) is 2.90. The van der Waals surface area contributed by atoms with E-state index in [0.717, 1.165) is 4.96 Å². The van der Waals surface area contributed by atoms with Crippen molar-refractivity contribution in [2.24, 2.45) is 0 Å². The summed E-state index contributed by atoms with van der Waals surface area (Å²) in [5.41, 5.74) is 0.685. The summed E-state index contributed by atoms with van der Waals surface area (Å²) in [5, 5.41) is 13.5. The number of rotatable bonds is 5. The lowest BCUT2D eigenvalue weighted by molar-refractivity contribution is -0.116. The van der Waals surface area contributed by atoms with E-state index in [-0.39, 0.29) is 12.5 Å². The molecule has 2 aromatic heterocycles. The van der Waals surface area contributed by atoms with Crippen LogP contribution in [0.5, 0.6) is 0 Å². The fraction of sp³-hybridized carbons (Fsp3) is 0.273. The molecule has 0 radical (unpaired) electrons. The number of imidazole rings is 1. The van der Waals surface area contributed by atoms with Gasteiger partial charge in [0.1, 0.15) is 0 Å². The Hall–Kier alpha value is -1.37. The number of carbonyl (C=O) groups excluding carboxylic acids is 1. The molecule has 2 rings (SSSR count). The van der Waals surface area contributed by atoms with Gasteiger partial charge < -0.3 is 10.4 Å². The zero-order chi connectivity index (χ0) is 13.0. The summed E-state index contributed by atoms with van der Waals surface area (Å²) >= 11 is 7.46. The Labute approximate surface area is 113 Å². The first-order valence-electron chi connectivity index (χ1n) is 5.40. The highest BCUT2D eigenvalue weighted by Gasteiger charge is 2.08. The van der Waals surface area contributed by atoms with E-state index in [9.17, 15) is 4.79 Å². The third-order valence-corrected chi connectivity index (χ3v) is 3.32. The van der Waals surface area contributed by atoms with Crippen LogP contribution in [0.25, 0.3) is 11.0 Å². The molecule has 5 nitrogen and oxygen atoms in total. The van der Waals surface area contributed by atoms with Crippen LogP contribution in [-0.4, -0.2) is 33.6 Å². The second-order valence-corrected chi connectivity index (χ2v) is 4.78. The van der Waals surface area contributed by atoms with Crippen LogP contribution in [0.1, 0.15) is 12.1 Å². The first-order valence-corrected chi connectivity index (χ1v) is 6.66. The lowest BCUT2D eigenvalue weighted by atomic mass is 10.3. The van der Waals surface area contributed by atoms with Gasteiger partial charge in [-0.15, -0.1) is 11.3 Å². The van der Waals surface area contributed by atoms with Gasteiger partial charge in [-0.1, -0.05) is 11.6 Å². The highest BCUT2D eigenvalue weighted by Crippen LogP contribution is 2.22. The van der Waals surface area contributed by atoms with Crippen molar-refractivity contribution in [3.05, 3.63) is 28.5 Å². The van der Waals surface area contributed by atoms with Crippen molar-refractivity contribution in [3.8, 4) is 0 Å². The molecule has 0 aliphatic heterocycles. The van der Waals surface area contributed by atoms with Crippen molar-refractivity contribution in [2.75, 3.05) is 13.2 Å². The number of carbonyl (C=O) groups is 1. The summed E-state index contributed by atoms with van der Waals surface area (Å²) in [6.45, 7) is 0.516. The molecule has 0 unspecified atom stereocenters. The average Bonchev–Trinajstić information content (AvgIpc) is 2.88. The molecular formula is C11H12ClN3O2S. The molecule has 0 atom stereocenters. The van der Waals surface area contributed by atoms with Crippen molar-refractivity contribution in [1.29, 1.82) is 0 Å². The maximum atomic E-state index is 11.4. The molecule has 7 heteroatoms. The van der Waals surface area contributed by atoms with Crippen LogP contribution in [0.4, 0.5) is 0 Å². The minimum Gasteiger partial charge on any atom is -0.396 e. The van der Waals surface area contributed by atoms with Gasteiger partial charge in [0.05, 0.1) is 5.69 Å². The maximum absolute atomic E-state index is 11.4. The van der Waals surface area contributed by atoms with E-state index in [0.29, 0.717) is 23.8 Å². The molecule has 0 spiro atoms. The molecule has 2 aromatic rings. The van der Waals surface area contributed by atoms with Gasteiger partial charge in [0.15, 0.2) is 10.1 Å². The van der Waals surface area contributed by atoms with E-state index < -0.39 is 0 Å². The number of nitrogens with one attached hydrogen (secondary N) is 1. The van der Waals surface area contributed by atoms with Crippen molar-refractivity contribution in [1.82, 2.24) is 14.7 Å². The van der Waals surface area contributed by atoms with E-state index in [2.05, 4.69) is 10.3 Å². The Bertz CT molecular complexity index is 576. The normalized spacial score (nSPS) is 11.4. The molecule has 18 heavy (non-hydrogen) atoms. The lowest BCUT2D eigenvalue weighted by Gasteiger charge is -1.98. The number of aromatic nitrogens is 2. The van der Waals surface area contributed by atoms with E-state index in [1.54, 1.807) is 6.08 Å². The summed E-state index contributed by atoms with van der Waals surface area (Å²) in [6.07, 6.45) is 5.43. The van der Waals surface area contributed by atoms with Crippen molar-refractivity contribution >= 4 is 39.9 Å². The predicted molar refractivity (Wildman–Crippen MR) is 71.8 cm³/mol. The Morgan fingerprint density at radius 3 is 3.28 bits per heavy atom. The number of thiazole rings is 1. The first kappa shape index (κ1) is 13.1. The first-order chi connectivity index (χ1) is 8.72. The summed E-state index contributed by atoms with van der Waals surface area (Å²) in [7, 11) is 0. The van der Waals surface area contributed by atoms with E-state index in [1.165, 1.54) is 17.4 Å². The molecule has 0 aliphatic carbocycles. The number of amides is 1. The highest BCUT2D eigenvalue weighted by molar-refractivity contribution is 7.15. The van der Waals surface area contributed by atoms with Crippen LogP contribution in [-0.2, 0) is 4.79 Å². The fourth-order valence-electron chi connectivity index (χ4n) is 1.43. The highest BCUT2D eigenvalue weighted by atomic mass is 35.5. The van der Waals surface area contributed by atoms with Gasteiger partial charge in [-0.05, 0) is 12.5 Å². The Balaban J connectivity index is 2.06. The molecule has 2 heterocycles. The standard InChI is InChI=1S/C11H12ClN3O2S/c12-10-8(15-5-7-18-11(15)14-10)2-3-9(17)13-4-1-6-16/h2-3,5,7,16H,1,4,6H2,(H,13,17)/b3-2+. The van der Waals surface area contributed by atoms with Gasteiger partial charge in [-0.2, -0.15) is 0 Å². The van der Waals surface area contributed by atoms with Gasteiger partial charge in [-0.25, -0.2) is 4.98 Å². The summed E-state index contributed by atoms with van der Waals surface area (Å²) < 4.78 is 1.82. The van der Waals surface area contributed by atoms with E-state index in [1.807, 2.05) is 16.0 Å². The Morgan fingerprint density at radius 1 is 1.67 bits per heavy atom. The third-order valence-electron chi connectivity index (χ3n) is 2.28. The molecule has 0 aromatic carbocycles. The molecular weight excluding hydrogens is 274 g/mol. The number of hydrogen-bond donors (Lipinski definition) is 2. The lowest BCUT2D eigenvalue weighted by Crippen LogP contribution is -2.22. The van der Waals surface area contributed by atoms with E-state index in [4.69, 9.17) is 16.7 Å². The number of aliphatic hydroxyl groups is 1. The van der Waals surface area contributed by atoms with Crippen molar-refractivity contribution in [2.45, 2.75) is 6.42 Å². The zero-order valence-corrected chi connectivity index (χ0v) is 11.0. The minimum absolute atomic E-state index is 0.0635. The van der Waals surface area contributed by atoms with E-state index >= 15 is 0 Å².